The maximum atomic E-state index is 12.3. The first-order chi connectivity index (χ1) is 7.84. The van der Waals surface area contributed by atoms with Crippen molar-refractivity contribution in [1.82, 2.24) is 9.88 Å². The van der Waals surface area contributed by atoms with Crippen LogP contribution in [0.25, 0.3) is 0 Å². The van der Waals surface area contributed by atoms with Crippen LogP contribution in [0.1, 0.15) is 17.6 Å². The van der Waals surface area contributed by atoms with E-state index in [0.29, 0.717) is 0 Å². The minimum atomic E-state index is -4.44. The fourth-order valence-electron chi connectivity index (χ4n) is 0.991. The Morgan fingerprint density at radius 3 is 2.71 bits per heavy atom. The summed E-state index contributed by atoms with van der Waals surface area (Å²) in [6.45, 7) is 1.53. The summed E-state index contributed by atoms with van der Waals surface area (Å²) < 4.78 is 36.8. The predicted molar refractivity (Wildman–Crippen MR) is 57.0 cm³/mol. The molecular weight excluding hydrogens is 253 g/mol. The molecule has 1 heterocycles. The van der Waals surface area contributed by atoms with Crippen molar-refractivity contribution in [3.8, 4) is 11.8 Å². The number of hydrogen-bond acceptors (Lipinski definition) is 3. The molecule has 3 nitrogen and oxygen atoms in total. The van der Waals surface area contributed by atoms with Gasteiger partial charge in [-0.2, -0.15) is 13.2 Å². The average molecular weight is 262 g/mol. The minimum Gasteiger partial charge on any atom is -0.328 e. The van der Waals surface area contributed by atoms with Gasteiger partial charge in [0.15, 0.2) is 5.69 Å². The normalized spacial score (nSPS) is 10.6. The molecule has 1 rings (SSSR count). The van der Waals surface area contributed by atoms with Crippen LogP contribution >= 0.6 is 11.3 Å². The van der Waals surface area contributed by atoms with E-state index in [0.717, 1.165) is 16.7 Å². The van der Waals surface area contributed by atoms with Gasteiger partial charge in [-0.25, -0.2) is 4.98 Å². The van der Waals surface area contributed by atoms with Gasteiger partial charge in [-0.3, -0.25) is 4.79 Å². The zero-order chi connectivity index (χ0) is 13.1. The Hall–Kier alpha value is -1.55. The van der Waals surface area contributed by atoms with Crippen LogP contribution in [0.15, 0.2) is 5.38 Å². The number of hydrogen-bond donors (Lipinski definition) is 0. The Kier molecular flexibility index (Phi) is 4.12. The van der Waals surface area contributed by atoms with Crippen LogP contribution in [0, 0.1) is 11.8 Å². The van der Waals surface area contributed by atoms with Crippen molar-refractivity contribution in [1.29, 1.82) is 0 Å². The zero-order valence-electron chi connectivity index (χ0n) is 9.13. The summed E-state index contributed by atoms with van der Waals surface area (Å²) >= 11 is 0.867. The quantitative estimate of drug-likeness (QED) is 0.765. The van der Waals surface area contributed by atoms with Crippen molar-refractivity contribution in [3.05, 3.63) is 16.1 Å². The van der Waals surface area contributed by atoms with Crippen molar-refractivity contribution < 1.29 is 18.0 Å². The van der Waals surface area contributed by atoms with Crippen molar-refractivity contribution in [3.63, 3.8) is 0 Å². The van der Waals surface area contributed by atoms with Crippen molar-refractivity contribution in [2.24, 2.45) is 0 Å². The number of nitrogens with zero attached hydrogens (tertiary/aromatic N) is 2. The molecule has 0 aromatic carbocycles. The third kappa shape index (κ3) is 3.75. The largest absolute Gasteiger partial charge is 0.434 e. The van der Waals surface area contributed by atoms with Crippen LogP contribution in [0.2, 0.25) is 0 Å². The van der Waals surface area contributed by atoms with Gasteiger partial charge in [0.2, 0.25) is 0 Å². The first-order valence-electron chi connectivity index (χ1n) is 4.54. The first kappa shape index (κ1) is 13.5. The Morgan fingerprint density at radius 2 is 2.24 bits per heavy atom. The molecular formula is C10H9F3N2OS. The Labute approximate surface area is 100 Å². The molecule has 0 N–H and O–H groups in total. The van der Waals surface area contributed by atoms with Crippen LogP contribution < -0.4 is 0 Å². The van der Waals surface area contributed by atoms with E-state index in [2.05, 4.69) is 16.8 Å². The van der Waals surface area contributed by atoms with Crippen LogP contribution in [0.4, 0.5) is 13.2 Å². The maximum Gasteiger partial charge on any atom is 0.434 e. The molecule has 0 unspecified atom stereocenters. The topological polar surface area (TPSA) is 33.2 Å². The third-order valence-corrected chi connectivity index (χ3v) is 2.63. The summed E-state index contributed by atoms with van der Waals surface area (Å²) in [7, 11) is 1.46. The van der Waals surface area contributed by atoms with Gasteiger partial charge in [0.05, 0.1) is 6.54 Å². The lowest BCUT2D eigenvalue weighted by atomic mass is 10.4. The number of halogens is 3. The third-order valence-electron chi connectivity index (χ3n) is 1.79. The van der Waals surface area contributed by atoms with E-state index in [-0.39, 0.29) is 11.6 Å². The molecule has 0 saturated carbocycles. The van der Waals surface area contributed by atoms with Gasteiger partial charge in [0.1, 0.15) is 5.01 Å². The molecule has 0 aliphatic carbocycles. The van der Waals surface area contributed by atoms with Crippen molar-refractivity contribution in [2.45, 2.75) is 19.6 Å². The van der Waals surface area contributed by atoms with Crippen LogP contribution in [-0.2, 0) is 17.5 Å². The molecule has 1 aromatic heterocycles. The highest BCUT2D eigenvalue weighted by atomic mass is 32.1. The summed E-state index contributed by atoms with van der Waals surface area (Å²) in [5.74, 6) is 4.27. The average Bonchev–Trinajstić information content (AvgIpc) is 2.66. The summed E-state index contributed by atoms with van der Waals surface area (Å²) in [6.07, 6.45) is -4.44. The summed E-state index contributed by atoms with van der Waals surface area (Å²) in [5, 5.41) is 1.16. The van der Waals surface area contributed by atoms with Crippen LogP contribution in [0.5, 0.6) is 0 Å². The number of carbonyl (C=O) groups excluding carboxylic acids is 1. The molecule has 0 spiro atoms. The molecule has 92 valence electrons. The SMILES string of the molecule is CC#CC(=O)N(C)Cc1nc(C(F)(F)F)cs1. The van der Waals surface area contributed by atoms with Crippen LogP contribution in [-0.4, -0.2) is 22.8 Å². The molecule has 1 aromatic rings. The second-order valence-corrected chi connectivity index (χ2v) is 4.10. The molecule has 0 aliphatic rings. The smallest absolute Gasteiger partial charge is 0.328 e. The Bertz CT molecular complexity index is 470. The van der Waals surface area contributed by atoms with Gasteiger partial charge >= 0.3 is 6.18 Å². The Morgan fingerprint density at radius 1 is 1.59 bits per heavy atom. The number of alkyl halides is 3. The van der Waals surface area contributed by atoms with E-state index in [9.17, 15) is 18.0 Å². The van der Waals surface area contributed by atoms with Gasteiger partial charge in [0.25, 0.3) is 5.91 Å². The molecule has 0 radical (unpaired) electrons. The van der Waals surface area contributed by atoms with E-state index in [1.807, 2.05) is 0 Å². The number of aromatic nitrogens is 1. The molecule has 0 saturated heterocycles. The van der Waals surface area contributed by atoms with Crippen LogP contribution in [0.3, 0.4) is 0 Å². The standard InChI is InChI=1S/C10H9F3N2OS/c1-3-4-9(16)15(2)5-8-14-7(6-17-8)10(11,12)13/h6H,5H2,1-2H3. The summed E-state index contributed by atoms with van der Waals surface area (Å²) in [6, 6.07) is 0. The molecule has 7 heteroatoms. The second kappa shape index (κ2) is 5.19. The lowest BCUT2D eigenvalue weighted by Gasteiger charge is -2.11. The van der Waals surface area contributed by atoms with Gasteiger partial charge in [0, 0.05) is 12.4 Å². The van der Waals surface area contributed by atoms with E-state index in [1.165, 1.54) is 18.9 Å². The molecule has 1 amide bonds. The van der Waals surface area contributed by atoms with E-state index in [1.54, 1.807) is 0 Å². The minimum absolute atomic E-state index is 0.0221. The van der Waals surface area contributed by atoms with Gasteiger partial charge in [-0.15, -0.1) is 11.3 Å². The molecule has 0 aliphatic heterocycles. The monoisotopic (exact) mass is 262 g/mol. The van der Waals surface area contributed by atoms with Gasteiger partial charge in [-0.1, -0.05) is 5.92 Å². The second-order valence-electron chi connectivity index (χ2n) is 3.16. The predicted octanol–water partition coefficient (Wildman–Crippen LogP) is 2.14. The molecule has 0 bridgehead atoms. The zero-order valence-corrected chi connectivity index (χ0v) is 9.95. The van der Waals surface area contributed by atoms with E-state index in [4.69, 9.17) is 0 Å². The molecule has 0 atom stereocenters. The first-order valence-corrected chi connectivity index (χ1v) is 5.42. The summed E-state index contributed by atoms with van der Waals surface area (Å²) in [4.78, 5) is 15.9. The molecule has 0 fully saturated rings. The lowest BCUT2D eigenvalue weighted by molar-refractivity contribution is -0.140. The maximum absolute atomic E-state index is 12.3. The fourth-order valence-corrected chi connectivity index (χ4v) is 1.84. The highest BCUT2D eigenvalue weighted by Crippen LogP contribution is 2.30. The fraction of sp³-hybridized carbons (Fsp3) is 0.400. The number of thiazole rings is 1. The van der Waals surface area contributed by atoms with E-state index < -0.39 is 17.8 Å². The number of carbonyl (C=O) groups is 1. The number of rotatable bonds is 2. The van der Waals surface area contributed by atoms with E-state index >= 15 is 0 Å². The highest BCUT2D eigenvalue weighted by Gasteiger charge is 2.33. The van der Waals surface area contributed by atoms with Gasteiger partial charge < -0.3 is 4.90 Å². The van der Waals surface area contributed by atoms with Crippen molar-refractivity contribution in [2.75, 3.05) is 7.05 Å². The number of amides is 1. The molecule has 17 heavy (non-hydrogen) atoms. The van der Waals surface area contributed by atoms with Gasteiger partial charge in [-0.05, 0) is 12.8 Å². The highest BCUT2D eigenvalue weighted by molar-refractivity contribution is 7.09. The lowest BCUT2D eigenvalue weighted by Crippen LogP contribution is -2.24. The Balaban J connectivity index is 2.72. The van der Waals surface area contributed by atoms with Crippen molar-refractivity contribution >= 4 is 17.2 Å². The summed E-state index contributed by atoms with van der Waals surface area (Å²) in [5.41, 5.74) is -0.931.